The van der Waals surface area contributed by atoms with Crippen LogP contribution in [0.2, 0.25) is 0 Å². The highest BCUT2D eigenvalue weighted by Crippen LogP contribution is 2.15. The standard InChI is InChI=1S/C11H9FN2O.C2H6.CH4O/c1-8-2-3-10(12)11(6-8)14-9(7-15)4-5-13-14;2*1-2/h2-7H,1H3;1-2H3;2H,1H3. The Hall–Kier alpha value is -2.01. The number of carbonyl (C=O) groups is 1. The zero-order chi connectivity index (χ0) is 14.8. The summed E-state index contributed by atoms with van der Waals surface area (Å²) in [6.07, 6.45) is 2.11. The number of benzene rings is 1. The van der Waals surface area contributed by atoms with Crippen molar-refractivity contribution in [2.24, 2.45) is 0 Å². The van der Waals surface area contributed by atoms with Crippen LogP contribution in [0.4, 0.5) is 4.39 Å². The minimum absolute atomic E-state index is 0.294. The Kier molecular flexibility index (Phi) is 8.04. The molecule has 19 heavy (non-hydrogen) atoms. The molecule has 1 heterocycles. The number of nitrogens with zero attached hydrogens (tertiary/aromatic N) is 2. The van der Waals surface area contributed by atoms with E-state index in [4.69, 9.17) is 5.11 Å². The molecule has 0 radical (unpaired) electrons. The molecule has 4 nitrogen and oxygen atoms in total. The first kappa shape index (κ1) is 17.0. The molecule has 0 aliphatic rings. The van der Waals surface area contributed by atoms with E-state index in [1.54, 1.807) is 12.1 Å². The number of halogens is 1. The van der Waals surface area contributed by atoms with E-state index in [2.05, 4.69) is 5.10 Å². The van der Waals surface area contributed by atoms with Crippen molar-refractivity contribution in [1.82, 2.24) is 9.78 Å². The summed E-state index contributed by atoms with van der Waals surface area (Å²) in [5, 5.41) is 10.9. The van der Waals surface area contributed by atoms with Crippen LogP contribution >= 0.6 is 0 Å². The van der Waals surface area contributed by atoms with E-state index >= 15 is 0 Å². The third-order valence-electron chi connectivity index (χ3n) is 2.12. The van der Waals surface area contributed by atoms with Gasteiger partial charge >= 0.3 is 0 Å². The summed E-state index contributed by atoms with van der Waals surface area (Å²) in [6.45, 7) is 5.85. The Balaban J connectivity index is 0.000000741. The van der Waals surface area contributed by atoms with Crippen molar-refractivity contribution in [3.05, 3.63) is 47.5 Å². The highest BCUT2D eigenvalue weighted by Gasteiger charge is 2.08. The Morgan fingerprint density at radius 3 is 2.47 bits per heavy atom. The van der Waals surface area contributed by atoms with Crippen LogP contribution < -0.4 is 0 Å². The third kappa shape index (κ3) is 4.30. The van der Waals surface area contributed by atoms with Gasteiger partial charge in [0.1, 0.15) is 17.2 Å². The highest BCUT2D eigenvalue weighted by molar-refractivity contribution is 5.73. The second-order valence-electron chi connectivity index (χ2n) is 3.24. The first-order valence-corrected chi connectivity index (χ1v) is 5.93. The molecule has 0 atom stereocenters. The van der Waals surface area contributed by atoms with E-state index < -0.39 is 5.82 Å². The van der Waals surface area contributed by atoms with E-state index in [1.165, 1.54) is 23.0 Å². The Morgan fingerprint density at radius 2 is 1.89 bits per heavy atom. The molecule has 0 saturated carbocycles. The number of aryl methyl sites for hydroxylation is 1. The van der Waals surface area contributed by atoms with Crippen molar-refractivity contribution in [1.29, 1.82) is 0 Å². The van der Waals surface area contributed by atoms with Gasteiger partial charge in [-0.25, -0.2) is 9.07 Å². The molecule has 5 heteroatoms. The van der Waals surface area contributed by atoms with Crippen molar-refractivity contribution >= 4 is 6.29 Å². The lowest BCUT2D eigenvalue weighted by molar-refractivity contribution is 0.111. The molecule has 2 aromatic rings. The monoisotopic (exact) mass is 266 g/mol. The van der Waals surface area contributed by atoms with Gasteiger partial charge in [0.2, 0.25) is 0 Å². The van der Waals surface area contributed by atoms with E-state index in [1.807, 2.05) is 20.8 Å². The second-order valence-corrected chi connectivity index (χ2v) is 3.24. The van der Waals surface area contributed by atoms with Crippen molar-refractivity contribution in [2.45, 2.75) is 20.8 Å². The third-order valence-corrected chi connectivity index (χ3v) is 2.12. The van der Waals surface area contributed by atoms with E-state index in [9.17, 15) is 9.18 Å². The Bertz CT molecular complexity index is 510. The average molecular weight is 266 g/mol. The summed E-state index contributed by atoms with van der Waals surface area (Å²) in [6, 6.07) is 6.22. The molecular weight excluding hydrogens is 247 g/mol. The second kappa shape index (κ2) is 8.99. The smallest absolute Gasteiger partial charge is 0.168 e. The number of aliphatic hydroxyl groups excluding tert-OH is 1. The zero-order valence-electron chi connectivity index (χ0n) is 11.6. The summed E-state index contributed by atoms with van der Waals surface area (Å²) in [5.74, 6) is -0.396. The predicted octanol–water partition coefficient (Wildman–Crippen LogP) is 2.77. The quantitative estimate of drug-likeness (QED) is 0.850. The van der Waals surface area contributed by atoms with Crippen LogP contribution in [0.3, 0.4) is 0 Å². The SMILES string of the molecule is CC.CO.Cc1ccc(F)c(-n2nccc2C=O)c1. The largest absolute Gasteiger partial charge is 0.400 e. The average Bonchev–Trinajstić information content (AvgIpc) is 2.94. The summed E-state index contributed by atoms with van der Waals surface area (Å²) < 4.78 is 14.8. The highest BCUT2D eigenvalue weighted by atomic mass is 19.1. The van der Waals surface area contributed by atoms with Crippen molar-refractivity contribution < 1.29 is 14.3 Å². The number of aliphatic hydroxyl groups is 1. The van der Waals surface area contributed by atoms with Crippen molar-refractivity contribution in [2.75, 3.05) is 7.11 Å². The number of hydrogen-bond donors (Lipinski definition) is 1. The van der Waals surface area contributed by atoms with Crippen LogP contribution in [0.15, 0.2) is 30.5 Å². The molecular formula is C14H19FN2O2. The molecule has 0 unspecified atom stereocenters. The maximum Gasteiger partial charge on any atom is 0.168 e. The summed E-state index contributed by atoms with van der Waals surface area (Å²) >= 11 is 0. The van der Waals surface area contributed by atoms with E-state index in [-0.39, 0.29) is 0 Å². The molecule has 0 amide bonds. The van der Waals surface area contributed by atoms with Crippen molar-refractivity contribution in [3.8, 4) is 5.69 Å². The van der Waals surface area contributed by atoms with Gasteiger partial charge in [-0.1, -0.05) is 19.9 Å². The summed E-state index contributed by atoms with van der Waals surface area (Å²) in [7, 11) is 1.00. The summed E-state index contributed by atoms with van der Waals surface area (Å²) in [4.78, 5) is 10.7. The van der Waals surface area contributed by atoms with Gasteiger partial charge in [-0.3, -0.25) is 4.79 Å². The first-order valence-electron chi connectivity index (χ1n) is 5.93. The Labute approximate surface area is 112 Å². The maximum atomic E-state index is 13.5. The lowest BCUT2D eigenvalue weighted by Crippen LogP contribution is -2.03. The van der Waals surface area contributed by atoms with Gasteiger partial charge in [0, 0.05) is 7.11 Å². The van der Waals surface area contributed by atoms with E-state index in [0.29, 0.717) is 17.7 Å². The van der Waals surface area contributed by atoms with Gasteiger partial charge in [0.25, 0.3) is 0 Å². The number of hydrogen-bond acceptors (Lipinski definition) is 3. The normalized spacial score (nSPS) is 8.74. The summed E-state index contributed by atoms with van der Waals surface area (Å²) in [5.41, 5.74) is 1.54. The minimum Gasteiger partial charge on any atom is -0.400 e. The lowest BCUT2D eigenvalue weighted by Gasteiger charge is -2.05. The molecule has 0 aliphatic heterocycles. The van der Waals surface area contributed by atoms with Crippen LogP contribution in [0, 0.1) is 12.7 Å². The van der Waals surface area contributed by atoms with Crippen LogP contribution in [0.1, 0.15) is 29.9 Å². The van der Waals surface area contributed by atoms with Gasteiger partial charge in [0.15, 0.2) is 6.29 Å². The number of carbonyl (C=O) groups excluding carboxylic acids is 1. The fraction of sp³-hybridized carbons (Fsp3) is 0.286. The van der Waals surface area contributed by atoms with Gasteiger partial charge < -0.3 is 5.11 Å². The van der Waals surface area contributed by atoms with Gasteiger partial charge in [0.05, 0.1) is 6.20 Å². The molecule has 0 aliphatic carbocycles. The van der Waals surface area contributed by atoms with Crippen LogP contribution in [0.25, 0.3) is 5.69 Å². The van der Waals surface area contributed by atoms with Crippen LogP contribution in [-0.2, 0) is 0 Å². The molecule has 0 saturated heterocycles. The topological polar surface area (TPSA) is 55.1 Å². The minimum atomic E-state index is -0.396. The molecule has 1 aromatic carbocycles. The molecule has 1 aromatic heterocycles. The molecule has 2 rings (SSSR count). The van der Waals surface area contributed by atoms with Gasteiger partial charge in [-0.15, -0.1) is 0 Å². The maximum absolute atomic E-state index is 13.5. The molecule has 0 fully saturated rings. The fourth-order valence-electron chi connectivity index (χ4n) is 1.39. The number of aldehydes is 1. The van der Waals surface area contributed by atoms with Crippen LogP contribution in [0.5, 0.6) is 0 Å². The van der Waals surface area contributed by atoms with Crippen molar-refractivity contribution in [3.63, 3.8) is 0 Å². The fourth-order valence-corrected chi connectivity index (χ4v) is 1.39. The molecule has 1 N–H and O–H groups in total. The first-order chi connectivity index (χ1) is 9.22. The van der Waals surface area contributed by atoms with Gasteiger partial charge in [-0.2, -0.15) is 5.10 Å². The zero-order valence-corrected chi connectivity index (χ0v) is 11.6. The number of rotatable bonds is 2. The molecule has 104 valence electrons. The lowest BCUT2D eigenvalue weighted by atomic mass is 10.2. The van der Waals surface area contributed by atoms with Gasteiger partial charge in [-0.05, 0) is 30.7 Å². The Morgan fingerprint density at radius 1 is 1.26 bits per heavy atom. The van der Waals surface area contributed by atoms with Crippen LogP contribution in [-0.4, -0.2) is 28.3 Å². The van der Waals surface area contributed by atoms with E-state index in [0.717, 1.165) is 12.7 Å². The molecule has 0 spiro atoms. The molecule has 0 bridgehead atoms. The predicted molar refractivity (Wildman–Crippen MR) is 73.1 cm³/mol. The number of aromatic nitrogens is 2.